The zero-order valence-electron chi connectivity index (χ0n) is 14.0. The second kappa shape index (κ2) is 5.67. The zero-order valence-corrected chi connectivity index (χ0v) is 14.0. The van der Waals surface area contributed by atoms with E-state index in [1.807, 2.05) is 26.1 Å². The lowest BCUT2D eigenvalue weighted by atomic mass is 10.1. The fourth-order valence-corrected chi connectivity index (χ4v) is 3.00. The smallest absolute Gasteiger partial charge is 0.254 e. The predicted molar refractivity (Wildman–Crippen MR) is 89.8 cm³/mol. The van der Waals surface area contributed by atoms with Crippen molar-refractivity contribution < 1.29 is 9.47 Å². The van der Waals surface area contributed by atoms with Gasteiger partial charge in [0.1, 0.15) is 25.4 Å². The highest BCUT2D eigenvalue weighted by Crippen LogP contribution is 2.31. The van der Waals surface area contributed by atoms with E-state index in [0.717, 1.165) is 40.7 Å². The Labute approximate surface area is 139 Å². The van der Waals surface area contributed by atoms with E-state index in [1.165, 1.54) is 6.33 Å². The average Bonchev–Trinajstić information content (AvgIpc) is 3.03. The molecule has 0 N–H and O–H groups in total. The molecule has 1 aromatic carbocycles. The van der Waals surface area contributed by atoms with Crippen molar-refractivity contribution in [3.05, 3.63) is 41.3 Å². The van der Waals surface area contributed by atoms with Gasteiger partial charge in [-0.25, -0.2) is 4.98 Å². The summed E-state index contributed by atoms with van der Waals surface area (Å²) in [5.41, 5.74) is 3.19. The number of hydrogen-bond acceptors (Lipinski definition) is 6. The first-order valence-electron chi connectivity index (χ1n) is 7.90. The SMILES string of the molecule is Cc1nc2ncnn2c(N(C)Cc2ccc3c(c2)OCCO3)c1C. The van der Waals surface area contributed by atoms with Gasteiger partial charge in [0, 0.05) is 24.8 Å². The standard InChI is InChI=1S/C17H19N5O2/c1-11-12(2)20-17-18-10-19-22(17)16(11)21(3)9-13-4-5-14-15(8-13)24-7-6-23-14/h4-5,8,10H,6-7,9H2,1-3H3. The molecule has 0 amide bonds. The van der Waals surface area contributed by atoms with Crippen LogP contribution in [0.1, 0.15) is 16.8 Å². The van der Waals surface area contributed by atoms with Gasteiger partial charge >= 0.3 is 0 Å². The minimum Gasteiger partial charge on any atom is -0.486 e. The van der Waals surface area contributed by atoms with Gasteiger partial charge in [-0.05, 0) is 31.5 Å². The van der Waals surface area contributed by atoms with Crippen molar-refractivity contribution >= 4 is 11.6 Å². The van der Waals surface area contributed by atoms with Crippen molar-refractivity contribution in [3.63, 3.8) is 0 Å². The van der Waals surface area contributed by atoms with Crippen molar-refractivity contribution in [2.45, 2.75) is 20.4 Å². The van der Waals surface area contributed by atoms with Gasteiger partial charge in [0.2, 0.25) is 0 Å². The molecule has 0 spiro atoms. The summed E-state index contributed by atoms with van der Waals surface area (Å²) >= 11 is 0. The van der Waals surface area contributed by atoms with Crippen molar-refractivity contribution in [3.8, 4) is 11.5 Å². The number of benzene rings is 1. The number of rotatable bonds is 3. The maximum absolute atomic E-state index is 5.67. The molecule has 2 aromatic heterocycles. The van der Waals surface area contributed by atoms with Crippen LogP contribution in [0.4, 0.5) is 5.82 Å². The van der Waals surface area contributed by atoms with E-state index in [2.05, 4.69) is 33.0 Å². The highest BCUT2D eigenvalue weighted by molar-refractivity contribution is 5.54. The first-order chi connectivity index (χ1) is 11.6. The van der Waals surface area contributed by atoms with Crippen molar-refractivity contribution in [1.82, 2.24) is 19.6 Å². The fraction of sp³-hybridized carbons (Fsp3) is 0.353. The van der Waals surface area contributed by atoms with Crippen LogP contribution in [0.3, 0.4) is 0 Å². The highest BCUT2D eigenvalue weighted by Gasteiger charge is 2.17. The Balaban J connectivity index is 1.68. The Morgan fingerprint density at radius 1 is 1.17 bits per heavy atom. The first-order valence-corrected chi connectivity index (χ1v) is 7.90. The maximum atomic E-state index is 5.67. The number of fused-ring (bicyclic) bond motifs is 2. The molecule has 0 fully saturated rings. The Hall–Kier alpha value is -2.83. The van der Waals surface area contributed by atoms with Crippen LogP contribution >= 0.6 is 0 Å². The monoisotopic (exact) mass is 325 g/mol. The van der Waals surface area contributed by atoms with E-state index in [1.54, 1.807) is 4.52 Å². The Morgan fingerprint density at radius 2 is 1.96 bits per heavy atom. The minimum absolute atomic E-state index is 0.592. The number of aryl methyl sites for hydroxylation is 1. The molecule has 24 heavy (non-hydrogen) atoms. The van der Waals surface area contributed by atoms with Crippen LogP contribution < -0.4 is 14.4 Å². The summed E-state index contributed by atoms with van der Waals surface area (Å²) in [6, 6.07) is 6.06. The van der Waals surface area contributed by atoms with E-state index < -0.39 is 0 Å². The quantitative estimate of drug-likeness (QED) is 0.735. The third-order valence-corrected chi connectivity index (χ3v) is 4.26. The fourth-order valence-electron chi connectivity index (χ4n) is 3.00. The van der Waals surface area contributed by atoms with E-state index in [4.69, 9.17) is 9.47 Å². The number of nitrogens with zero attached hydrogens (tertiary/aromatic N) is 5. The number of aromatic nitrogens is 4. The normalized spacial score (nSPS) is 13.3. The topological polar surface area (TPSA) is 64.8 Å². The molecule has 3 aromatic rings. The second-order valence-electron chi connectivity index (χ2n) is 5.95. The summed E-state index contributed by atoms with van der Waals surface area (Å²) in [4.78, 5) is 10.8. The van der Waals surface area contributed by atoms with Gasteiger partial charge in [-0.1, -0.05) is 6.07 Å². The third-order valence-electron chi connectivity index (χ3n) is 4.26. The summed E-state index contributed by atoms with van der Waals surface area (Å²) in [5.74, 6) is 3.22. The molecule has 4 rings (SSSR count). The summed E-state index contributed by atoms with van der Waals surface area (Å²) in [7, 11) is 2.04. The van der Waals surface area contributed by atoms with Crippen LogP contribution in [0.5, 0.6) is 11.5 Å². The lowest BCUT2D eigenvalue weighted by Crippen LogP contribution is -2.22. The van der Waals surface area contributed by atoms with Crippen molar-refractivity contribution in [1.29, 1.82) is 0 Å². The van der Waals surface area contributed by atoms with E-state index in [-0.39, 0.29) is 0 Å². The van der Waals surface area contributed by atoms with E-state index in [9.17, 15) is 0 Å². The molecular formula is C17H19N5O2. The Bertz CT molecular complexity index is 905. The predicted octanol–water partition coefficient (Wildman–Crippen LogP) is 2.15. The summed E-state index contributed by atoms with van der Waals surface area (Å²) < 4.78 is 13.0. The molecule has 124 valence electrons. The van der Waals surface area contributed by atoms with E-state index in [0.29, 0.717) is 19.0 Å². The lowest BCUT2D eigenvalue weighted by Gasteiger charge is -2.24. The molecule has 1 aliphatic heterocycles. The van der Waals surface area contributed by atoms with Gasteiger partial charge in [0.25, 0.3) is 5.78 Å². The second-order valence-corrected chi connectivity index (χ2v) is 5.95. The molecule has 7 nitrogen and oxygen atoms in total. The van der Waals surface area contributed by atoms with Crippen LogP contribution in [-0.4, -0.2) is 39.8 Å². The number of anilines is 1. The molecule has 0 saturated carbocycles. The van der Waals surface area contributed by atoms with Crippen molar-refractivity contribution in [2.75, 3.05) is 25.2 Å². The summed E-state index contributed by atoms with van der Waals surface area (Å²) in [5, 5.41) is 4.31. The van der Waals surface area contributed by atoms with Crippen LogP contribution in [0.15, 0.2) is 24.5 Å². The average molecular weight is 325 g/mol. The summed E-state index contributed by atoms with van der Waals surface area (Å²) in [6.07, 6.45) is 1.53. The van der Waals surface area contributed by atoms with E-state index >= 15 is 0 Å². The molecule has 3 heterocycles. The Kier molecular flexibility index (Phi) is 3.48. The van der Waals surface area contributed by atoms with Gasteiger partial charge in [-0.15, -0.1) is 0 Å². The van der Waals surface area contributed by atoms with Crippen LogP contribution in [0.2, 0.25) is 0 Å². The molecule has 0 saturated heterocycles. The zero-order chi connectivity index (χ0) is 16.7. The third kappa shape index (κ3) is 2.42. The Morgan fingerprint density at radius 3 is 2.79 bits per heavy atom. The van der Waals surface area contributed by atoms with Gasteiger partial charge in [0.15, 0.2) is 11.5 Å². The van der Waals surface area contributed by atoms with Crippen LogP contribution in [-0.2, 0) is 6.54 Å². The minimum atomic E-state index is 0.592. The number of ether oxygens (including phenoxy) is 2. The lowest BCUT2D eigenvalue weighted by molar-refractivity contribution is 0.171. The molecule has 0 atom stereocenters. The largest absolute Gasteiger partial charge is 0.486 e. The van der Waals surface area contributed by atoms with Gasteiger partial charge in [-0.3, -0.25) is 0 Å². The molecule has 7 heteroatoms. The van der Waals surface area contributed by atoms with Gasteiger partial charge in [-0.2, -0.15) is 14.6 Å². The summed E-state index contributed by atoms with van der Waals surface area (Å²) in [6.45, 7) is 5.96. The molecular weight excluding hydrogens is 306 g/mol. The van der Waals surface area contributed by atoms with Gasteiger partial charge < -0.3 is 14.4 Å². The highest BCUT2D eigenvalue weighted by atomic mass is 16.6. The van der Waals surface area contributed by atoms with Gasteiger partial charge in [0.05, 0.1) is 0 Å². The van der Waals surface area contributed by atoms with Crippen LogP contribution in [0.25, 0.3) is 5.78 Å². The molecule has 0 radical (unpaired) electrons. The molecule has 1 aliphatic rings. The number of hydrogen-bond donors (Lipinski definition) is 0. The van der Waals surface area contributed by atoms with Crippen molar-refractivity contribution in [2.24, 2.45) is 0 Å². The molecule has 0 aliphatic carbocycles. The van der Waals surface area contributed by atoms with Crippen LogP contribution in [0, 0.1) is 13.8 Å². The first kappa shape index (κ1) is 14.7. The molecule has 0 bridgehead atoms. The maximum Gasteiger partial charge on any atom is 0.254 e. The molecule has 0 unspecified atom stereocenters.